The van der Waals surface area contributed by atoms with Crippen LogP contribution in [0.25, 0.3) is 0 Å². The number of ether oxygens (including phenoxy) is 1. The summed E-state index contributed by atoms with van der Waals surface area (Å²) in [5.41, 5.74) is 0. The number of hydrogen-bond donors (Lipinski definition) is 0. The molecular weight excluding hydrogens is 234 g/mol. The molecule has 0 saturated carbocycles. The first-order valence-electron chi connectivity index (χ1n) is 6.82. The van der Waals surface area contributed by atoms with Crippen molar-refractivity contribution in [1.82, 2.24) is 0 Å². The van der Waals surface area contributed by atoms with E-state index in [0.29, 0.717) is 6.10 Å². The molecule has 0 aromatic carbocycles. The molecule has 0 aromatic rings. The van der Waals surface area contributed by atoms with Crippen LogP contribution in [0.2, 0.25) is 0 Å². The Hall–Kier alpha value is -0.240. The molecule has 0 spiro atoms. The Morgan fingerprint density at radius 3 is 2.06 bits per heavy atom. The van der Waals surface area contributed by atoms with Crippen molar-refractivity contribution in [2.45, 2.75) is 71.3 Å². The Labute approximate surface area is 114 Å². The van der Waals surface area contributed by atoms with Crippen LogP contribution in [0.5, 0.6) is 0 Å². The number of rotatable bonds is 10. The molecule has 0 aliphatic carbocycles. The van der Waals surface area contributed by atoms with Crippen molar-refractivity contribution in [3.05, 3.63) is 0 Å². The van der Waals surface area contributed by atoms with Gasteiger partial charge >= 0.3 is 6.40 Å². The van der Waals surface area contributed by atoms with Crippen molar-refractivity contribution in [3.8, 4) is 0 Å². The second kappa shape index (κ2) is 13.8. The zero-order chi connectivity index (χ0) is 12.2. The topological polar surface area (TPSA) is 12.2 Å². The van der Waals surface area contributed by atoms with Gasteiger partial charge in [0.2, 0.25) is 0 Å². The van der Waals surface area contributed by atoms with Gasteiger partial charge in [-0.2, -0.15) is 0 Å². The van der Waals surface area contributed by atoms with Crippen molar-refractivity contribution >= 4 is 6.40 Å². The third kappa shape index (κ3) is 15.8. The van der Waals surface area contributed by atoms with Crippen LogP contribution in [-0.2, 0) is 4.74 Å². The molecule has 104 valence electrons. The Balaban J connectivity index is 0. The van der Waals surface area contributed by atoms with E-state index >= 15 is 0 Å². The summed E-state index contributed by atoms with van der Waals surface area (Å²) in [6.07, 6.45) is 13.0. The summed E-state index contributed by atoms with van der Waals surface area (Å²) in [5.74, 6) is 0. The first-order valence-corrected chi connectivity index (χ1v) is 6.82. The highest BCUT2D eigenvalue weighted by Gasteiger charge is 2.01. The van der Waals surface area contributed by atoms with Gasteiger partial charge in [-0.3, -0.25) is 0 Å². The summed E-state index contributed by atoms with van der Waals surface area (Å²) in [7, 11) is 3.97. The molecule has 0 saturated heterocycles. The van der Waals surface area contributed by atoms with Crippen molar-refractivity contribution in [2.24, 2.45) is 0 Å². The quantitative estimate of drug-likeness (QED) is 0.246. The van der Waals surface area contributed by atoms with Crippen molar-refractivity contribution in [2.75, 3.05) is 14.1 Å². The Morgan fingerprint density at radius 2 is 1.53 bits per heavy atom. The molecule has 2 nitrogen and oxygen atoms in total. The van der Waals surface area contributed by atoms with Gasteiger partial charge in [-0.05, 0) is 19.8 Å². The molecule has 0 radical (unpaired) electrons. The fourth-order valence-electron chi connectivity index (χ4n) is 1.68. The van der Waals surface area contributed by atoms with E-state index in [0.717, 1.165) is 0 Å². The van der Waals surface area contributed by atoms with Gasteiger partial charge in [0.25, 0.3) is 0 Å². The molecule has 3 heteroatoms. The Bertz CT molecular complexity index is 179. The highest BCUT2D eigenvalue weighted by atomic mass is 35.5. The minimum absolute atomic E-state index is 0. The molecule has 0 aliphatic rings. The average Bonchev–Trinajstić information content (AvgIpc) is 2.25. The van der Waals surface area contributed by atoms with Crippen LogP contribution >= 0.6 is 0 Å². The minimum Gasteiger partial charge on any atom is -1.00 e. The minimum atomic E-state index is 0. The average molecular weight is 264 g/mol. The monoisotopic (exact) mass is 263 g/mol. The third-order valence-corrected chi connectivity index (χ3v) is 2.72. The van der Waals surface area contributed by atoms with Crippen LogP contribution in [0.3, 0.4) is 0 Å². The molecule has 0 aromatic heterocycles. The van der Waals surface area contributed by atoms with Crippen LogP contribution < -0.4 is 12.4 Å². The van der Waals surface area contributed by atoms with Gasteiger partial charge < -0.3 is 17.1 Å². The highest BCUT2D eigenvalue weighted by molar-refractivity contribution is 5.39. The van der Waals surface area contributed by atoms with Gasteiger partial charge in [-0.15, -0.1) is 0 Å². The van der Waals surface area contributed by atoms with E-state index in [9.17, 15) is 0 Å². The second-order valence-electron chi connectivity index (χ2n) is 4.93. The molecular formula is C14H30ClNO. The molecule has 1 unspecified atom stereocenters. The van der Waals surface area contributed by atoms with Crippen molar-refractivity contribution in [3.63, 3.8) is 0 Å². The largest absolute Gasteiger partial charge is 1.00 e. The van der Waals surface area contributed by atoms with E-state index in [1.165, 1.54) is 51.4 Å². The van der Waals surface area contributed by atoms with Crippen LogP contribution in [-0.4, -0.2) is 31.2 Å². The standard InChI is InChI=1S/C14H30NO.ClH/c1-5-6-7-8-9-10-11-12-14(2)16-13-15(3)4;/h13-14H,5-12H2,1-4H3;1H/q+1;/p-1. The van der Waals surface area contributed by atoms with E-state index in [-0.39, 0.29) is 12.4 Å². The van der Waals surface area contributed by atoms with E-state index in [1.54, 1.807) is 6.40 Å². The number of halogens is 1. The normalized spacial score (nSPS) is 11.5. The van der Waals surface area contributed by atoms with Crippen LogP contribution in [0.1, 0.15) is 65.2 Å². The maximum atomic E-state index is 5.55. The van der Waals surface area contributed by atoms with E-state index in [1.807, 2.05) is 18.7 Å². The lowest BCUT2D eigenvalue weighted by Gasteiger charge is -2.08. The fraction of sp³-hybridized carbons (Fsp3) is 0.929. The molecule has 0 N–H and O–H groups in total. The van der Waals surface area contributed by atoms with E-state index < -0.39 is 0 Å². The summed E-state index contributed by atoms with van der Waals surface area (Å²) in [5, 5.41) is 0. The van der Waals surface area contributed by atoms with Crippen LogP contribution in [0.15, 0.2) is 0 Å². The predicted molar refractivity (Wildman–Crippen MR) is 71.3 cm³/mol. The van der Waals surface area contributed by atoms with Gasteiger partial charge in [0.1, 0.15) is 20.2 Å². The lowest BCUT2D eigenvalue weighted by molar-refractivity contribution is -0.469. The summed E-state index contributed by atoms with van der Waals surface area (Å²) >= 11 is 0. The first-order chi connectivity index (χ1) is 7.66. The van der Waals surface area contributed by atoms with Gasteiger partial charge in [0.05, 0.1) is 0 Å². The van der Waals surface area contributed by atoms with Crippen LogP contribution in [0, 0.1) is 0 Å². The first kappa shape index (κ1) is 19.1. The molecule has 0 aliphatic heterocycles. The van der Waals surface area contributed by atoms with Gasteiger partial charge in [0, 0.05) is 0 Å². The summed E-state index contributed by atoms with van der Waals surface area (Å²) in [6, 6.07) is 0. The molecule has 1 atom stereocenters. The molecule has 0 heterocycles. The molecule has 0 amide bonds. The maximum Gasteiger partial charge on any atom is 0.323 e. The summed E-state index contributed by atoms with van der Waals surface area (Å²) < 4.78 is 7.50. The Morgan fingerprint density at radius 1 is 1.00 bits per heavy atom. The predicted octanol–water partition coefficient (Wildman–Crippen LogP) is 0.837. The lowest BCUT2D eigenvalue weighted by atomic mass is 10.1. The molecule has 17 heavy (non-hydrogen) atoms. The zero-order valence-corrected chi connectivity index (χ0v) is 12.8. The summed E-state index contributed by atoms with van der Waals surface area (Å²) in [4.78, 5) is 0. The van der Waals surface area contributed by atoms with Crippen molar-refractivity contribution in [1.29, 1.82) is 0 Å². The van der Waals surface area contributed by atoms with Crippen LogP contribution in [0.4, 0.5) is 0 Å². The van der Waals surface area contributed by atoms with Gasteiger partial charge in [-0.25, -0.2) is 4.58 Å². The van der Waals surface area contributed by atoms with Crippen molar-refractivity contribution < 1.29 is 21.7 Å². The maximum absolute atomic E-state index is 5.55. The number of nitrogens with zero attached hydrogens (tertiary/aromatic N) is 1. The SMILES string of the molecule is CCCCCCCCCC(C)OC=[N+](C)C.[Cl-]. The fourth-order valence-corrected chi connectivity index (χ4v) is 1.68. The Kier molecular flexibility index (Phi) is 15.5. The smallest absolute Gasteiger partial charge is 0.323 e. The number of hydrogen-bond acceptors (Lipinski definition) is 1. The second-order valence-corrected chi connectivity index (χ2v) is 4.93. The van der Waals surface area contributed by atoms with E-state index in [2.05, 4.69) is 13.8 Å². The molecule has 0 rings (SSSR count). The van der Waals surface area contributed by atoms with Gasteiger partial charge in [0.15, 0.2) is 0 Å². The van der Waals surface area contributed by atoms with Gasteiger partial charge in [-0.1, -0.05) is 45.4 Å². The third-order valence-electron chi connectivity index (χ3n) is 2.72. The number of unbranched alkanes of at least 4 members (excludes halogenated alkanes) is 6. The molecule has 0 fully saturated rings. The highest BCUT2D eigenvalue weighted by Crippen LogP contribution is 2.10. The molecule has 0 bridgehead atoms. The van der Waals surface area contributed by atoms with E-state index in [4.69, 9.17) is 4.74 Å². The summed E-state index contributed by atoms with van der Waals surface area (Å²) in [6.45, 7) is 4.41. The zero-order valence-electron chi connectivity index (χ0n) is 12.0. The lowest BCUT2D eigenvalue weighted by Crippen LogP contribution is -3.00.